The number of halogens is 5. The molecule has 0 aromatic heterocycles. The van der Waals surface area contributed by atoms with Crippen molar-refractivity contribution in [1.82, 2.24) is 9.62 Å². The van der Waals surface area contributed by atoms with Gasteiger partial charge in [-0.25, -0.2) is 26.0 Å². The molecule has 0 unspecified atom stereocenters. The van der Waals surface area contributed by atoms with E-state index < -0.39 is 38.2 Å². The van der Waals surface area contributed by atoms with Crippen LogP contribution in [0.4, 0.5) is 17.6 Å². The van der Waals surface area contributed by atoms with E-state index in [0.29, 0.717) is 0 Å². The Labute approximate surface area is 125 Å². The summed E-state index contributed by atoms with van der Waals surface area (Å²) in [4.78, 5) is -1.58. The Morgan fingerprint density at radius 2 is 1.71 bits per heavy atom. The van der Waals surface area contributed by atoms with Crippen LogP contribution in [-0.4, -0.2) is 38.4 Å². The maximum atomic E-state index is 13.6. The first-order valence-electron chi connectivity index (χ1n) is 5.81. The third-order valence-electron chi connectivity index (χ3n) is 3.00. The van der Waals surface area contributed by atoms with Crippen LogP contribution in [-0.2, 0) is 10.0 Å². The monoisotopic (exact) mass is 348 g/mol. The molecule has 0 radical (unpaired) electrons. The zero-order chi connectivity index (χ0) is 15.1. The van der Waals surface area contributed by atoms with Crippen LogP contribution in [0.1, 0.15) is 6.92 Å². The summed E-state index contributed by atoms with van der Waals surface area (Å²) in [6, 6.07) is -0.257. The Balaban J connectivity index is 0.00000220. The van der Waals surface area contributed by atoms with Gasteiger partial charge in [0.25, 0.3) is 0 Å². The second-order valence-corrected chi connectivity index (χ2v) is 6.39. The highest BCUT2D eigenvalue weighted by Gasteiger charge is 2.36. The Hall–Kier alpha value is -0.900. The molecule has 0 bridgehead atoms. The zero-order valence-electron chi connectivity index (χ0n) is 10.9. The summed E-state index contributed by atoms with van der Waals surface area (Å²) < 4.78 is 78.5. The molecule has 1 fully saturated rings. The van der Waals surface area contributed by atoms with E-state index in [4.69, 9.17) is 0 Å². The lowest BCUT2D eigenvalue weighted by Crippen LogP contribution is -2.51. The average Bonchev–Trinajstić information content (AvgIpc) is 2.36. The molecule has 1 aromatic rings. The largest absolute Gasteiger partial charge is 0.312 e. The molecule has 2 rings (SSSR count). The summed E-state index contributed by atoms with van der Waals surface area (Å²) in [5.41, 5.74) is 0. The predicted octanol–water partition coefficient (Wildman–Crippen LogP) is 1.65. The van der Waals surface area contributed by atoms with Crippen LogP contribution < -0.4 is 5.32 Å². The van der Waals surface area contributed by atoms with Gasteiger partial charge in [0.1, 0.15) is 0 Å². The lowest BCUT2D eigenvalue weighted by atomic mass is 10.3. The fourth-order valence-electron chi connectivity index (χ4n) is 2.02. The minimum absolute atomic E-state index is 0. The molecule has 1 saturated heterocycles. The van der Waals surface area contributed by atoms with Gasteiger partial charge in [-0.05, 0) is 6.92 Å². The Bertz CT molecular complexity index is 615. The van der Waals surface area contributed by atoms with E-state index in [2.05, 4.69) is 5.32 Å². The molecule has 1 heterocycles. The normalized spacial score (nSPS) is 20.1. The molecule has 120 valence electrons. The van der Waals surface area contributed by atoms with Crippen LogP contribution in [0.3, 0.4) is 0 Å². The van der Waals surface area contributed by atoms with Gasteiger partial charge in [-0.1, -0.05) is 0 Å². The van der Waals surface area contributed by atoms with Gasteiger partial charge >= 0.3 is 0 Å². The summed E-state index contributed by atoms with van der Waals surface area (Å²) in [6.45, 7) is 1.88. The fourth-order valence-corrected chi connectivity index (χ4v) is 3.68. The molecule has 0 amide bonds. The summed E-state index contributed by atoms with van der Waals surface area (Å²) in [6.07, 6.45) is 0. The van der Waals surface area contributed by atoms with Gasteiger partial charge in [0, 0.05) is 31.7 Å². The highest BCUT2D eigenvalue weighted by molar-refractivity contribution is 7.89. The van der Waals surface area contributed by atoms with Gasteiger partial charge in [-0.15, -0.1) is 12.4 Å². The van der Waals surface area contributed by atoms with Crippen molar-refractivity contribution in [2.75, 3.05) is 19.6 Å². The van der Waals surface area contributed by atoms with Gasteiger partial charge in [0.05, 0.1) is 0 Å². The van der Waals surface area contributed by atoms with Crippen LogP contribution >= 0.6 is 12.4 Å². The summed E-state index contributed by atoms with van der Waals surface area (Å²) >= 11 is 0. The van der Waals surface area contributed by atoms with Crippen molar-refractivity contribution < 1.29 is 26.0 Å². The van der Waals surface area contributed by atoms with Gasteiger partial charge in [0.2, 0.25) is 10.0 Å². The molecule has 10 heteroatoms. The number of nitrogens with one attached hydrogen (secondary N) is 1. The van der Waals surface area contributed by atoms with E-state index in [1.165, 1.54) is 0 Å². The Morgan fingerprint density at radius 3 is 2.19 bits per heavy atom. The molecular formula is C11H13ClF4N2O2S. The summed E-state index contributed by atoms with van der Waals surface area (Å²) in [5, 5.41) is 2.95. The Kier molecular flexibility index (Phi) is 5.59. The molecule has 1 aliphatic heterocycles. The van der Waals surface area contributed by atoms with Crippen LogP contribution in [0.2, 0.25) is 0 Å². The lowest BCUT2D eigenvalue weighted by molar-refractivity contribution is 0.305. The van der Waals surface area contributed by atoms with Crippen molar-refractivity contribution in [3.05, 3.63) is 29.3 Å². The number of hydrogen-bond donors (Lipinski definition) is 1. The number of piperazine rings is 1. The van der Waals surface area contributed by atoms with Crippen LogP contribution in [0.25, 0.3) is 0 Å². The number of benzene rings is 1. The van der Waals surface area contributed by atoms with Crippen LogP contribution in [0.15, 0.2) is 11.0 Å². The average molecular weight is 349 g/mol. The molecule has 1 atom stereocenters. The highest BCUT2D eigenvalue weighted by atomic mass is 35.5. The van der Waals surface area contributed by atoms with Crippen LogP contribution in [0, 0.1) is 23.3 Å². The fraction of sp³-hybridized carbons (Fsp3) is 0.455. The molecule has 1 aliphatic rings. The smallest absolute Gasteiger partial charge is 0.249 e. The SMILES string of the molecule is C[C@@H]1CN(S(=O)(=O)c2c(F)c(F)cc(F)c2F)CCN1.Cl. The first-order chi connectivity index (χ1) is 9.25. The first-order valence-corrected chi connectivity index (χ1v) is 7.25. The second kappa shape index (κ2) is 6.47. The van der Waals surface area contributed by atoms with E-state index in [-0.39, 0.29) is 44.1 Å². The number of sulfonamides is 1. The number of nitrogens with zero attached hydrogens (tertiary/aromatic N) is 1. The van der Waals surface area contributed by atoms with Gasteiger partial charge in [-0.2, -0.15) is 4.31 Å². The third kappa shape index (κ3) is 3.31. The molecule has 0 aliphatic carbocycles. The molecule has 21 heavy (non-hydrogen) atoms. The lowest BCUT2D eigenvalue weighted by Gasteiger charge is -2.31. The van der Waals surface area contributed by atoms with Crippen molar-refractivity contribution in [1.29, 1.82) is 0 Å². The Morgan fingerprint density at radius 1 is 1.19 bits per heavy atom. The van der Waals surface area contributed by atoms with E-state index in [1.54, 1.807) is 6.92 Å². The standard InChI is InChI=1S/C11H12F4N2O2S.ClH/c1-6-5-17(3-2-16-6)20(18,19)11-9(14)7(12)4-8(13)10(11)15;/h4,6,16H,2-3,5H2,1H3;1H/t6-;/m1./s1. The molecule has 0 saturated carbocycles. The first kappa shape index (κ1) is 18.1. The van der Waals surface area contributed by atoms with Gasteiger partial charge < -0.3 is 5.32 Å². The van der Waals surface area contributed by atoms with E-state index in [1.807, 2.05) is 0 Å². The maximum Gasteiger partial charge on any atom is 0.249 e. The molecule has 1 aromatic carbocycles. The van der Waals surface area contributed by atoms with E-state index in [0.717, 1.165) is 4.31 Å². The third-order valence-corrected chi connectivity index (χ3v) is 4.89. The maximum absolute atomic E-state index is 13.6. The van der Waals surface area contributed by atoms with Crippen molar-refractivity contribution in [2.45, 2.75) is 17.9 Å². The molecule has 1 N–H and O–H groups in total. The van der Waals surface area contributed by atoms with Gasteiger partial charge in [-0.3, -0.25) is 0 Å². The quantitative estimate of drug-likeness (QED) is 0.653. The van der Waals surface area contributed by atoms with Crippen LogP contribution in [0.5, 0.6) is 0 Å². The predicted molar refractivity (Wildman–Crippen MR) is 69.7 cm³/mol. The summed E-state index contributed by atoms with van der Waals surface area (Å²) in [7, 11) is -4.64. The number of hydrogen-bond acceptors (Lipinski definition) is 3. The minimum atomic E-state index is -4.64. The van der Waals surface area contributed by atoms with Crippen molar-refractivity contribution in [3.63, 3.8) is 0 Å². The van der Waals surface area contributed by atoms with Crippen molar-refractivity contribution in [2.24, 2.45) is 0 Å². The van der Waals surface area contributed by atoms with E-state index in [9.17, 15) is 26.0 Å². The minimum Gasteiger partial charge on any atom is -0.312 e. The zero-order valence-corrected chi connectivity index (χ0v) is 12.5. The van der Waals surface area contributed by atoms with E-state index >= 15 is 0 Å². The van der Waals surface area contributed by atoms with Gasteiger partial charge in [0.15, 0.2) is 28.2 Å². The molecular weight excluding hydrogens is 336 g/mol. The topological polar surface area (TPSA) is 49.4 Å². The van der Waals surface area contributed by atoms with Crippen molar-refractivity contribution in [3.8, 4) is 0 Å². The van der Waals surface area contributed by atoms with Crippen molar-refractivity contribution >= 4 is 22.4 Å². The molecule has 4 nitrogen and oxygen atoms in total. The molecule has 0 spiro atoms. The second-order valence-electron chi connectivity index (χ2n) is 4.52. The highest BCUT2D eigenvalue weighted by Crippen LogP contribution is 2.27. The summed E-state index contributed by atoms with van der Waals surface area (Å²) in [5.74, 6) is -7.30. The number of rotatable bonds is 2.